The Hall–Kier alpha value is -4.86. The summed E-state index contributed by atoms with van der Waals surface area (Å²) in [5, 5.41) is 33.3. The fourth-order valence-electron chi connectivity index (χ4n) is 5.88. The summed E-state index contributed by atoms with van der Waals surface area (Å²) >= 11 is 0. The lowest BCUT2D eigenvalue weighted by atomic mass is 9.76. The van der Waals surface area contributed by atoms with Crippen LogP contribution in [0, 0.1) is 11.7 Å². The maximum absolute atomic E-state index is 13.7. The maximum Gasteiger partial charge on any atom is 0.277 e. The molecule has 0 spiro atoms. The number of carbonyl (C=O) groups is 1. The monoisotopic (exact) mass is 556 g/mol. The number of nitrogens with zero attached hydrogens (tertiary/aromatic N) is 2. The van der Waals surface area contributed by atoms with Crippen LogP contribution >= 0.6 is 0 Å². The molecule has 0 amide bonds. The van der Waals surface area contributed by atoms with Crippen LogP contribution in [-0.4, -0.2) is 40.9 Å². The van der Waals surface area contributed by atoms with Gasteiger partial charge < -0.3 is 20.3 Å². The van der Waals surface area contributed by atoms with Crippen molar-refractivity contribution in [1.29, 1.82) is 0 Å². The largest absolute Gasteiger partial charge is 0.508 e. The zero-order chi connectivity index (χ0) is 28.7. The summed E-state index contributed by atoms with van der Waals surface area (Å²) in [6.45, 7) is 0. The van der Waals surface area contributed by atoms with Gasteiger partial charge in [-0.1, -0.05) is 24.3 Å². The van der Waals surface area contributed by atoms with Crippen molar-refractivity contribution in [3.63, 3.8) is 0 Å². The predicted octanol–water partition coefficient (Wildman–Crippen LogP) is 5.24. The number of halogens is 1. The summed E-state index contributed by atoms with van der Waals surface area (Å²) in [7, 11) is 0. The van der Waals surface area contributed by atoms with Crippen molar-refractivity contribution in [1.82, 2.24) is 19.7 Å². The second-order valence-corrected chi connectivity index (χ2v) is 10.6. The molecular weight excluding hydrogens is 527 g/mol. The molecule has 2 heterocycles. The summed E-state index contributed by atoms with van der Waals surface area (Å²) in [6.07, 6.45) is 3.21. The van der Waals surface area contributed by atoms with Gasteiger partial charge in [0.2, 0.25) is 5.95 Å². The number of hydrogen-bond donors (Lipinski definition) is 5. The number of phenols is 3. The molecule has 1 fully saturated rings. The summed E-state index contributed by atoms with van der Waals surface area (Å²) in [6, 6.07) is 15.8. The number of para-hydroxylation sites is 2. The van der Waals surface area contributed by atoms with Gasteiger partial charge in [0.05, 0.1) is 11.0 Å². The number of nitrogens with one attached hydrogen (secondary N) is 2. The number of imidazole rings is 1. The highest BCUT2D eigenvalue weighted by Gasteiger charge is 2.33. The molecule has 5 aromatic rings. The third kappa shape index (κ3) is 5.08. The van der Waals surface area contributed by atoms with Gasteiger partial charge >= 0.3 is 0 Å². The molecule has 210 valence electrons. The number of H-pyrrole nitrogens is 2. The molecule has 3 aromatic carbocycles. The summed E-state index contributed by atoms with van der Waals surface area (Å²) < 4.78 is 14.9. The Labute approximate surface area is 233 Å². The SMILES string of the molecule is O=C(c1c(O)cc(O)cc1O)C1CCC(c2[nH]n(-c3nc4ccccc4[nH]3)c(=O)c2CCc2ccc(F)cc2)CC1. The molecule has 0 radical (unpaired) electrons. The van der Waals surface area contributed by atoms with Crippen molar-refractivity contribution in [2.45, 2.75) is 44.4 Å². The first-order valence-corrected chi connectivity index (χ1v) is 13.6. The van der Waals surface area contributed by atoms with E-state index in [9.17, 15) is 29.3 Å². The molecule has 0 saturated heterocycles. The minimum atomic E-state index is -0.454. The molecule has 0 unspecified atom stereocenters. The zero-order valence-corrected chi connectivity index (χ0v) is 22.1. The van der Waals surface area contributed by atoms with Crippen molar-refractivity contribution < 1.29 is 24.5 Å². The number of aryl methyl sites for hydroxylation is 1. The number of benzene rings is 3. The highest BCUT2D eigenvalue weighted by Crippen LogP contribution is 2.41. The van der Waals surface area contributed by atoms with Gasteiger partial charge in [0, 0.05) is 35.2 Å². The molecular formula is C31H29FN4O5. The van der Waals surface area contributed by atoms with Gasteiger partial charge in [0.25, 0.3) is 5.56 Å². The lowest BCUT2D eigenvalue weighted by molar-refractivity contribution is 0.0877. The fraction of sp³-hybridized carbons (Fsp3) is 0.258. The van der Waals surface area contributed by atoms with Crippen LogP contribution in [0.4, 0.5) is 4.39 Å². The number of hydrogen-bond acceptors (Lipinski definition) is 6. The van der Waals surface area contributed by atoms with E-state index in [-0.39, 0.29) is 34.4 Å². The first-order valence-electron chi connectivity index (χ1n) is 13.6. The van der Waals surface area contributed by atoms with Crippen LogP contribution in [0.5, 0.6) is 17.2 Å². The molecule has 10 heteroatoms. The van der Waals surface area contributed by atoms with E-state index < -0.39 is 17.4 Å². The Morgan fingerprint density at radius 3 is 2.32 bits per heavy atom. The van der Waals surface area contributed by atoms with Gasteiger partial charge in [0.1, 0.15) is 28.6 Å². The molecule has 0 atom stereocenters. The zero-order valence-electron chi connectivity index (χ0n) is 22.1. The average molecular weight is 557 g/mol. The number of carbonyl (C=O) groups excluding carboxylic acids is 1. The molecule has 9 nitrogen and oxygen atoms in total. The quantitative estimate of drug-likeness (QED) is 0.174. The number of aromatic nitrogens is 4. The van der Waals surface area contributed by atoms with Gasteiger partial charge in [-0.25, -0.2) is 9.37 Å². The molecule has 6 rings (SSSR count). The second kappa shape index (κ2) is 10.6. The van der Waals surface area contributed by atoms with Crippen molar-refractivity contribution in [3.05, 3.63) is 99.2 Å². The number of rotatable bonds is 7. The first kappa shape index (κ1) is 26.4. The number of aromatic hydroxyl groups is 3. The van der Waals surface area contributed by atoms with Crippen molar-refractivity contribution in [2.75, 3.05) is 0 Å². The third-order valence-corrected chi connectivity index (χ3v) is 8.02. The van der Waals surface area contributed by atoms with Crippen LogP contribution in [0.25, 0.3) is 17.0 Å². The van der Waals surface area contributed by atoms with Crippen LogP contribution in [0.2, 0.25) is 0 Å². The lowest BCUT2D eigenvalue weighted by Gasteiger charge is -2.28. The average Bonchev–Trinajstić information content (AvgIpc) is 3.53. The maximum atomic E-state index is 13.7. The molecule has 1 aliphatic rings. The Morgan fingerprint density at radius 1 is 0.951 bits per heavy atom. The van der Waals surface area contributed by atoms with E-state index in [1.165, 1.54) is 16.8 Å². The van der Waals surface area contributed by atoms with Crippen molar-refractivity contribution in [3.8, 4) is 23.2 Å². The van der Waals surface area contributed by atoms with Crippen LogP contribution < -0.4 is 5.56 Å². The Balaban J connectivity index is 1.28. The molecule has 1 saturated carbocycles. The number of phenolic OH excluding ortho intramolecular Hbond substituents is 3. The number of ketones is 1. The van der Waals surface area contributed by atoms with Gasteiger partial charge in [-0.2, -0.15) is 4.68 Å². The lowest BCUT2D eigenvalue weighted by Crippen LogP contribution is -2.22. The normalized spacial score (nSPS) is 17.2. The number of fused-ring (bicyclic) bond motifs is 1. The van der Waals surface area contributed by atoms with E-state index >= 15 is 0 Å². The Morgan fingerprint density at radius 2 is 1.63 bits per heavy atom. The molecule has 2 aromatic heterocycles. The van der Waals surface area contributed by atoms with E-state index in [2.05, 4.69) is 15.1 Å². The predicted molar refractivity (Wildman–Crippen MR) is 150 cm³/mol. The Bertz CT molecular complexity index is 1740. The van der Waals surface area contributed by atoms with Crippen LogP contribution in [0.3, 0.4) is 0 Å². The van der Waals surface area contributed by atoms with Gasteiger partial charge in [-0.15, -0.1) is 0 Å². The minimum absolute atomic E-state index is 0.0254. The van der Waals surface area contributed by atoms with Gasteiger partial charge in [-0.3, -0.25) is 14.7 Å². The molecule has 0 aliphatic heterocycles. The topological polar surface area (TPSA) is 144 Å². The number of aromatic amines is 2. The van der Waals surface area contributed by atoms with Gasteiger partial charge in [0.15, 0.2) is 5.78 Å². The molecule has 0 bridgehead atoms. The standard InChI is InChI=1S/C31H29FN4O5/c32-20-12-5-17(6-13-20)7-14-22-28(35-36(30(22)41)31-33-23-3-1-2-4-24(23)34-31)18-8-10-19(11-9-18)29(40)27-25(38)15-21(37)16-26(27)39/h1-6,12-13,15-16,18-19,35,37-39H,7-11,14H2,(H,33,34). The summed E-state index contributed by atoms with van der Waals surface area (Å²) in [5.41, 5.74) is 3.47. The van der Waals surface area contributed by atoms with Crippen LogP contribution in [-0.2, 0) is 12.8 Å². The fourth-order valence-corrected chi connectivity index (χ4v) is 5.88. The number of Topliss-reactive ketones (excluding diaryl/α,β-unsaturated/α-hetero) is 1. The molecule has 5 N–H and O–H groups in total. The van der Waals surface area contributed by atoms with Crippen LogP contribution in [0.1, 0.15) is 58.8 Å². The van der Waals surface area contributed by atoms with Crippen LogP contribution in [0.15, 0.2) is 65.5 Å². The van der Waals surface area contributed by atoms with E-state index in [1.54, 1.807) is 12.1 Å². The smallest absolute Gasteiger partial charge is 0.277 e. The molecule has 41 heavy (non-hydrogen) atoms. The van der Waals surface area contributed by atoms with E-state index in [1.807, 2.05) is 24.3 Å². The first-order chi connectivity index (χ1) is 19.8. The Kier molecular flexibility index (Phi) is 6.82. The third-order valence-electron chi connectivity index (χ3n) is 8.02. The van der Waals surface area contributed by atoms with Gasteiger partial charge in [-0.05, 0) is 68.4 Å². The highest BCUT2D eigenvalue weighted by molar-refractivity contribution is 6.02. The minimum Gasteiger partial charge on any atom is -0.508 e. The molecule has 1 aliphatic carbocycles. The van der Waals surface area contributed by atoms with E-state index in [0.717, 1.165) is 34.4 Å². The second-order valence-electron chi connectivity index (χ2n) is 10.6. The van der Waals surface area contributed by atoms with Crippen molar-refractivity contribution in [2.24, 2.45) is 5.92 Å². The summed E-state index contributed by atoms with van der Waals surface area (Å²) in [4.78, 5) is 34.7. The van der Waals surface area contributed by atoms with E-state index in [0.29, 0.717) is 50.0 Å². The van der Waals surface area contributed by atoms with E-state index in [4.69, 9.17) is 0 Å². The highest BCUT2D eigenvalue weighted by atomic mass is 19.1. The van der Waals surface area contributed by atoms with Crippen molar-refractivity contribution >= 4 is 16.8 Å². The summed E-state index contributed by atoms with van der Waals surface area (Å²) in [5.74, 6) is -1.98.